The monoisotopic (exact) mass is 162 g/mol. The molecule has 0 spiro atoms. The van der Waals surface area contributed by atoms with E-state index in [0.29, 0.717) is 12.0 Å². The average Bonchev–Trinajstić information content (AvgIpc) is 2.06. The first-order valence-corrected chi connectivity index (χ1v) is 3.62. The van der Waals surface area contributed by atoms with E-state index in [1.807, 2.05) is 0 Å². The summed E-state index contributed by atoms with van der Waals surface area (Å²) in [6.07, 6.45) is 4.28. The van der Waals surface area contributed by atoms with Gasteiger partial charge in [-0.2, -0.15) is 0 Å². The number of aliphatic hydroxyl groups is 2. The molecule has 0 aliphatic carbocycles. The number of hydrogen-bond donors (Lipinski definition) is 2. The summed E-state index contributed by atoms with van der Waals surface area (Å²) in [4.78, 5) is 0. The van der Waals surface area contributed by atoms with Gasteiger partial charge in [-0.1, -0.05) is 24.3 Å². The Hall–Kier alpha value is -1.30. The molecule has 0 aliphatic rings. The highest BCUT2D eigenvalue weighted by atomic mass is 16.5. The zero-order valence-corrected chi connectivity index (χ0v) is 6.57. The van der Waals surface area contributed by atoms with Crippen molar-refractivity contribution < 1.29 is 10.2 Å². The van der Waals surface area contributed by atoms with E-state index in [4.69, 9.17) is 16.6 Å². The number of rotatable bonds is 2. The van der Waals surface area contributed by atoms with Crippen LogP contribution in [0.25, 0.3) is 0 Å². The van der Waals surface area contributed by atoms with Gasteiger partial charge in [0.25, 0.3) is 0 Å². The topological polar surface area (TPSA) is 40.5 Å². The van der Waals surface area contributed by atoms with Gasteiger partial charge in [0.1, 0.15) is 0 Å². The van der Waals surface area contributed by atoms with E-state index in [1.54, 1.807) is 24.3 Å². The van der Waals surface area contributed by atoms with Crippen molar-refractivity contribution in [1.29, 1.82) is 0 Å². The molecule has 62 valence electrons. The van der Waals surface area contributed by atoms with Gasteiger partial charge in [0, 0.05) is 12.0 Å². The quantitative estimate of drug-likeness (QED) is 0.500. The molecule has 0 bridgehead atoms. The van der Waals surface area contributed by atoms with Crippen molar-refractivity contribution >= 4 is 0 Å². The van der Waals surface area contributed by atoms with Crippen LogP contribution in [0.15, 0.2) is 24.3 Å². The van der Waals surface area contributed by atoms with Gasteiger partial charge in [-0.15, -0.1) is 12.3 Å². The zero-order valence-electron chi connectivity index (χ0n) is 6.57. The second-order valence-corrected chi connectivity index (χ2v) is 2.50. The van der Waals surface area contributed by atoms with Crippen molar-refractivity contribution in [2.45, 2.75) is 12.7 Å². The second-order valence-electron chi connectivity index (χ2n) is 2.50. The number of terminal acetylenes is 1. The van der Waals surface area contributed by atoms with E-state index in [9.17, 15) is 0 Å². The predicted molar refractivity (Wildman–Crippen MR) is 46.2 cm³/mol. The Balaban J connectivity index is 2.80. The smallest absolute Gasteiger partial charge is 0.178 e. The summed E-state index contributed by atoms with van der Waals surface area (Å²) in [5, 5.41) is 17.5. The Labute approximate surface area is 71.5 Å². The summed E-state index contributed by atoms with van der Waals surface area (Å²) in [5.41, 5.74) is 1.48. The molecule has 1 aromatic rings. The number of benzene rings is 1. The fourth-order valence-electron chi connectivity index (χ4n) is 0.925. The maximum absolute atomic E-state index is 8.76. The van der Waals surface area contributed by atoms with Gasteiger partial charge in [0.15, 0.2) is 6.29 Å². The fraction of sp³-hybridized carbons (Fsp3) is 0.200. The zero-order chi connectivity index (χ0) is 8.97. The normalized spacial score (nSPS) is 9.83. The Morgan fingerprint density at radius 3 is 2.25 bits per heavy atom. The first kappa shape index (κ1) is 8.79. The van der Waals surface area contributed by atoms with Crippen LogP contribution in [0.3, 0.4) is 0 Å². The molecule has 1 aromatic carbocycles. The lowest BCUT2D eigenvalue weighted by Gasteiger charge is -2.03. The molecule has 0 unspecified atom stereocenters. The molecule has 0 heterocycles. The van der Waals surface area contributed by atoms with E-state index in [2.05, 4.69) is 5.92 Å². The summed E-state index contributed by atoms with van der Waals surface area (Å²) in [6, 6.07) is 6.87. The van der Waals surface area contributed by atoms with Crippen LogP contribution in [0.2, 0.25) is 0 Å². The Bertz CT molecular complexity index is 280. The molecular weight excluding hydrogens is 152 g/mol. The fourth-order valence-corrected chi connectivity index (χ4v) is 0.925. The third-order valence-corrected chi connectivity index (χ3v) is 1.58. The highest BCUT2D eigenvalue weighted by Crippen LogP contribution is 2.10. The van der Waals surface area contributed by atoms with E-state index in [1.165, 1.54) is 0 Å². The minimum absolute atomic E-state index is 0.482. The van der Waals surface area contributed by atoms with Gasteiger partial charge in [0.05, 0.1) is 0 Å². The Morgan fingerprint density at radius 2 is 1.83 bits per heavy atom. The molecule has 1 rings (SSSR count). The molecule has 0 saturated carbocycles. The van der Waals surface area contributed by atoms with Crippen LogP contribution in [-0.4, -0.2) is 10.2 Å². The van der Waals surface area contributed by atoms with Gasteiger partial charge in [-0.05, 0) is 5.56 Å². The summed E-state index contributed by atoms with van der Waals surface area (Å²) >= 11 is 0. The van der Waals surface area contributed by atoms with Gasteiger partial charge < -0.3 is 10.2 Å². The minimum atomic E-state index is -1.40. The van der Waals surface area contributed by atoms with Crippen LogP contribution >= 0.6 is 0 Å². The lowest BCUT2D eigenvalue weighted by atomic mass is 10.1. The molecule has 0 aromatic heterocycles. The van der Waals surface area contributed by atoms with Crippen LogP contribution in [0.1, 0.15) is 17.4 Å². The third-order valence-electron chi connectivity index (χ3n) is 1.58. The van der Waals surface area contributed by atoms with Gasteiger partial charge >= 0.3 is 0 Å². The molecule has 0 radical (unpaired) electrons. The molecule has 0 amide bonds. The van der Waals surface area contributed by atoms with Crippen molar-refractivity contribution in [2.75, 3.05) is 0 Å². The standard InChI is InChI=1S/C10H10O2/c1-2-3-8-4-6-9(7-5-8)10(11)12/h1,4-7,10-12H,3H2. The van der Waals surface area contributed by atoms with E-state index >= 15 is 0 Å². The van der Waals surface area contributed by atoms with Crippen LogP contribution in [0, 0.1) is 12.3 Å². The average molecular weight is 162 g/mol. The summed E-state index contributed by atoms with van der Waals surface area (Å²) < 4.78 is 0. The van der Waals surface area contributed by atoms with Crippen molar-refractivity contribution in [3.8, 4) is 12.3 Å². The van der Waals surface area contributed by atoms with Crippen LogP contribution in [0.5, 0.6) is 0 Å². The Kier molecular flexibility index (Phi) is 2.87. The molecule has 12 heavy (non-hydrogen) atoms. The Morgan fingerprint density at radius 1 is 1.25 bits per heavy atom. The van der Waals surface area contributed by atoms with Crippen LogP contribution in [-0.2, 0) is 6.42 Å². The van der Waals surface area contributed by atoms with Crippen molar-refractivity contribution in [2.24, 2.45) is 0 Å². The maximum atomic E-state index is 8.76. The molecule has 2 N–H and O–H groups in total. The number of aliphatic hydroxyl groups excluding tert-OH is 1. The van der Waals surface area contributed by atoms with Gasteiger partial charge in [-0.3, -0.25) is 0 Å². The first-order chi connectivity index (χ1) is 5.74. The van der Waals surface area contributed by atoms with E-state index < -0.39 is 6.29 Å². The minimum Gasteiger partial charge on any atom is -0.364 e. The summed E-state index contributed by atoms with van der Waals surface area (Å²) in [5.74, 6) is 2.51. The highest BCUT2D eigenvalue weighted by Gasteiger charge is 2.00. The largest absolute Gasteiger partial charge is 0.364 e. The van der Waals surface area contributed by atoms with Gasteiger partial charge in [-0.25, -0.2) is 0 Å². The third kappa shape index (κ3) is 2.09. The van der Waals surface area contributed by atoms with Crippen LogP contribution < -0.4 is 0 Å². The molecule has 0 saturated heterocycles. The molecular formula is C10H10O2. The summed E-state index contributed by atoms with van der Waals surface area (Å²) in [6.45, 7) is 0. The van der Waals surface area contributed by atoms with Crippen LogP contribution in [0.4, 0.5) is 0 Å². The molecule has 2 nitrogen and oxygen atoms in total. The molecule has 0 atom stereocenters. The lowest BCUT2D eigenvalue weighted by molar-refractivity contribution is -0.0424. The van der Waals surface area contributed by atoms with E-state index in [-0.39, 0.29) is 0 Å². The van der Waals surface area contributed by atoms with Gasteiger partial charge in [0.2, 0.25) is 0 Å². The molecule has 2 heteroatoms. The highest BCUT2D eigenvalue weighted by molar-refractivity contribution is 5.25. The second kappa shape index (κ2) is 3.91. The molecule has 0 fully saturated rings. The van der Waals surface area contributed by atoms with Crippen molar-refractivity contribution in [3.63, 3.8) is 0 Å². The maximum Gasteiger partial charge on any atom is 0.178 e. The van der Waals surface area contributed by atoms with Crippen molar-refractivity contribution in [3.05, 3.63) is 35.4 Å². The lowest BCUT2D eigenvalue weighted by Crippen LogP contribution is -1.94. The summed E-state index contributed by atoms with van der Waals surface area (Å²) in [7, 11) is 0. The SMILES string of the molecule is C#CCc1ccc(C(O)O)cc1. The van der Waals surface area contributed by atoms with Crippen molar-refractivity contribution in [1.82, 2.24) is 0 Å². The predicted octanol–water partition coefficient (Wildman–Crippen LogP) is 0.845. The number of hydrogen-bond acceptors (Lipinski definition) is 2. The van der Waals surface area contributed by atoms with E-state index in [0.717, 1.165) is 5.56 Å². The molecule has 0 aliphatic heterocycles. The first-order valence-electron chi connectivity index (χ1n) is 3.62.